The molecular weight excluding hydrogens is 179 g/mol. The number of nitrogens with one attached hydrogen (secondary N) is 1. The van der Waals surface area contributed by atoms with Crippen LogP contribution in [0.25, 0.3) is 0 Å². The van der Waals surface area contributed by atoms with Crippen LogP contribution in [0.4, 0.5) is 4.39 Å². The Balaban J connectivity index is 1.90. The fourth-order valence-electron chi connectivity index (χ4n) is 2.68. The summed E-state index contributed by atoms with van der Waals surface area (Å²) < 4.78 is 13.7. The van der Waals surface area contributed by atoms with Gasteiger partial charge >= 0.3 is 0 Å². The first kappa shape index (κ1) is 10.4. The molecule has 0 bridgehead atoms. The summed E-state index contributed by atoms with van der Waals surface area (Å²) in [5.41, 5.74) is 0. The van der Waals surface area contributed by atoms with Gasteiger partial charge in [-0.2, -0.15) is 0 Å². The fourth-order valence-corrected chi connectivity index (χ4v) is 2.68. The Morgan fingerprint density at radius 3 is 2.71 bits per heavy atom. The van der Waals surface area contributed by atoms with Gasteiger partial charge in [-0.25, -0.2) is 4.39 Å². The van der Waals surface area contributed by atoms with E-state index in [1.165, 1.54) is 12.8 Å². The summed E-state index contributed by atoms with van der Waals surface area (Å²) in [6.45, 7) is 4.24. The van der Waals surface area contributed by atoms with E-state index in [9.17, 15) is 4.39 Å². The van der Waals surface area contributed by atoms with E-state index in [2.05, 4.69) is 10.2 Å². The summed E-state index contributed by atoms with van der Waals surface area (Å²) >= 11 is 0. The number of hydrogen-bond acceptors (Lipinski definition) is 2. The van der Waals surface area contributed by atoms with Crippen LogP contribution in [0, 0.1) is 0 Å². The highest BCUT2D eigenvalue weighted by molar-refractivity contribution is 4.84. The SMILES string of the molecule is F[C@@H]1CCCC[C@H]1N1CCCNCC1. The summed E-state index contributed by atoms with van der Waals surface area (Å²) in [6.07, 6.45) is 4.76. The van der Waals surface area contributed by atoms with E-state index >= 15 is 0 Å². The van der Waals surface area contributed by atoms with Crippen molar-refractivity contribution < 1.29 is 4.39 Å². The lowest BCUT2D eigenvalue weighted by Crippen LogP contribution is -2.45. The quantitative estimate of drug-likeness (QED) is 0.691. The molecular formula is C11H21FN2. The Labute approximate surface area is 85.9 Å². The molecule has 1 aliphatic heterocycles. The standard InChI is InChI=1S/C11H21FN2/c12-10-4-1-2-5-11(10)14-8-3-6-13-7-9-14/h10-11,13H,1-9H2/t10-,11-/m1/s1. The van der Waals surface area contributed by atoms with Crippen molar-refractivity contribution in [3.8, 4) is 0 Å². The van der Waals surface area contributed by atoms with Gasteiger partial charge in [-0.3, -0.25) is 4.90 Å². The Morgan fingerprint density at radius 2 is 1.86 bits per heavy atom. The first-order chi connectivity index (χ1) is 6.88. The smallest absolute Gasteiger partial charge is 0.116 e. The lowest BCUT2D eigenvalue weighted by atomic mass is 9.92. The average Bonchev–Trinajstić information content (AvgIpc) is 2.47. The summed E-state index contributed by atoms with van der Waals surface area (Å²) in [7, 11) is 0. The minimum atomic E-state index is -0.568. The van der Waals surface area contributed by atoms with Gasteiger partial charge in [0.15, 0.2) is 0 Å². The molecule has 14 heavy (non-hydrogen) atoms. The number of nitrogens with zero attached hydrogens (tertiary/aromatic N) is 1. The summed E-state index contributed by atoms with van der Waals surface area (Å²) in [6, 6.07) is 0.226. The van der Waals surface area contributed by atoms with Crippen molar-refractivity contribution in [2.45, 2.75) is 44.3 Å². The summed E-state index contributed by atoms with van der Waals surface area (Å²) in [4.78, 5) is 2.36. The van der Waals surface area contributed by atoms with Gasteiger partial charge in [-0.1, -0.05) is 12.8 Å². The topological polar surface area (TPSA) is 15.3 Å². The van der Waals surface area contributed by atoms with Gasteiger partial charge in [0.1, 0.15) is 6.17 Å². The molecule has 1 saturated carbocycles. The number of rotatable bonds is 1. The van der Waals surface area contributed by atoms with Crippen LogP contribution in [-0.4, -0.2) is 43.3 Å². The van der Waals surface area contributed by atoms with E-state index in [0.717, 1.165) is 45.4 Å². The van der Waals surface area contributed by atoms with E-state index in [0.29, 0.717) is 0 Å². The predicted molar refractivity (Wildman–Crippen MR) is 56.2 cm³/mol. The molecule has 2 fully saturated rings. The van der Waals surface area contributed by atoms with Gasteiger partial charge in [-0.05, 0) is 32.4 Å². The molecule has 2 atom stereocenters. The van der Waals surface area contributed by atoms with Gasteiger partial charge in [-0.15, -0.1) is 0 Å². The van der Waals surface area contributed by atoms with E-state index in [-0.39, 0.29) is 6.04 Å². The molecule has 0 amide bonds. The normalized spacial score (nSPS) is 36.6. The first-order valence-corrected chi connectivity index (χ1v) is 5.97. The van der Waals surface area contributed by atoms with Crippen LogP contribution in [0.1, 0.15) is 32.1 Å². The first-order valence-electron chi connectivity index (χ1n) is 5.97. The van der Waals surface area contributed by atoms with Crippen molar-refractivity contribution in [2.75, 3.05) is 26.2 Å². The fraction of sp³-hybridized carbons (Fsp3) is 1.00. The highest BCUT2D eigenvalue weighted by atomic mass is 19.1. The van der Waals surface area contributed by atoms with Gasteiger partial charge < -0.3 is 5.32 Å². The zero-order valence-electron chi connectivity index (χ0n) is 8.84. The van der Waals surface area contributed by atoms with Crippen molar-refractivity contribution in [3.63, 3.8) is 0 Å². The van der Waals surface area contributed by atoms with Gasteiger partial charge in [0.2, 0.25) is 0 Å². The second-order valence-electron chi connectivity index (χ2n) is 4.51. The Hall–Kier alpha value is -0.150. The molecule has 1 aliphatic carbocycles. The lowest BCUT2D eigenvalue weighted by Gasteiger charge is -2.35. The van der Waals surface area contributed by atoms with E-state index in [1.807, 2.05) is 0 Å². The van der Waals surface area contributed by atoms with Crippen molar-refractivity contribution >= 4 is 0 Å². The van der Waals surface area contributed by atoms with E-state index in [4.69, 9.17) is 0 Å². The third-order valence-electron chi connectivity index (χ3n) is 3.49. The van der Waals surface area contributed by atoms with Gasteiger partial charge in [0.05, 0.1) is 0 Å². The van der Waals surface area contributed by atoms with Crippen LogP contribution in [0.15, 0.2) is 0 Å². The van der Waals surface area contributed by atoms with Crippen LogP contribution in [0.2, 0.25) is 0 Å². The molecule has 0 unspecified atom stereocenters. The molecule has 1 heterocycles. The molecule has 82 valence electrons. The van der Waals surface area contributed by atoms with Crippen LogP contribution < -0.4 is 5.32 Å². The number of alkyl halides is 1. The molecule has 0 aromatic rings. The molecule has 2 rings (SSSR count). The Morgan fingerprint density at radius 1 is 1.00 bits per heavy atom. The van der Waals surface area contributed by atoms with Gasteiger partial charge in [0, 0.05) is 19.1 Å². The molecule has 0 spiro atoms. The molecule has 1 N–H and O–H groups in total. The molecule has 2 aliphatic rings. The zero-order chi connectivity index (χ0) is 9.80. The monoisotopic (exact) mass is 200 g/mol. The highest BCUT2D eigenvalue weighted by Crippen LogP contribution is 2.25. The maximum absolute atomic E-state index is 13.7. The predicted octanol–water partition coefficient (Wildman–Crippen LogP) is 1.56. The second-order valence-corrected chi connectivity index (χ2v) is 4.51. The molecule has 0 aromatic heterocycles. The molecule has 2 nitrogen and oxygen atoms in total. The minimum absolute atomic E-state index is 0.226. The van der Waals surface area contributed by atoms with Crippen LogP contribution in [0.3, 0.4) is 0 Å². The summed E-state index contributed by atoms with van der Waals surface area (Å²) in [5, 5.41) is 3.37. The molecule has 1 saturated heterocycles. The zero-order valence-corrected chi connectivity index (χ0v) is 8.84. The third-order valence-corrected chi connectivity index (χ3v) is 3.49. The number of halogens is 1. The van der Waals surface area contributed by atoms with Gasteiger partial charge in [0.25, 0.3) is 0 Å². The number of hydrogen-bond donors (Lipinski definition) is 1. The van der Waals surface area contributed by atoms with Crippen molar-refractivity contribution in [1.82, 2.24) is 10.2 Å². The van der Waals surface area contributed by atoms with E-state index < -0.39 is 6.17 Å². The summed E-state index contributed by atoms with van der Waals surface area (Å²) in [5.74, 6) is 0. The molecule has 0 radical (unpaired) electrons. The largest absolute Gasteiger partial charge is 0.315 e. The molecule has 0 aromatic carbocycles. The Bertz CT molecular complexity index is 167. The Kier molecular flexibility index (Phi) is 3.76. The van der Waals surface area contributed by atoms with Crippen LogP contribution in [0.5, 0.6) is 0 Å². The maximum atomic E-state index is 13.7. The minimum Gasteiger partial charge on any atom is -0.315 e. The highest BCUT2D eigenvalue weighted by Gasteiger charge is 2.29. The second kappa shape index (κ2) is 5.08. The van der Waals surface area contributed by atoms with Crippen molar-refractivity contribution in [3.05, 3.63) is 0 Å². The lowest BCUT2D eigenvalue weighted by molar-refractivity contribution is 0.0807. The third kappa shape index (κ3) is 2.45. The van der Waals surface area contributed by atoms with Crippen LogP contribution in [-0.2, 0) is 0 Å². The van der Waals surface area contributed by atoms with Crippen molar-refractivity contribution in [1.29, 1.82) is 0 Å². The maximum Gasteiger partial charge on any atom is 0.116 e. The van der Waals surface area contributed by atoms with Crippen LogP contribution >= 0.6 is 0 Å². The van der Waals surface area contributed by atoms with E-state index in [1.54, 1.807) is 0 Å². The molecule has 3 heteroatoms. The average molecular weight is 200 g/mol. The van der Waals surface area contributed by atoms with Crippen molar-refractivity contribution in [2.24, 2.45) is 0 Å².